The van der Waals surface area contributed by atoms with Crippen LogP contribution in [-0.2, 0) is 5.41 Å². The lowest BCUT2D eigenvalue weighted by Gasteiger charge is -2.09. The Morgan fingerprint density at radius 3 is 2.46 bits per heavy atom. The van der Waals surface area contributed by atoms with Crippen molar-refractivity contribution in [2.24, 2.45) is 5.73 Å². The third kappa shape index (κ3) is 1.23. The lowest BCUT2D eigenvalue weighted by Crippen LogP contribution is -2.14. The summed E-state index contributed by atoms with van der Waals surface area (Å²) >= 11 is 0. The molecule has 1 aromatic carbocycles. The quantitative estimate of drug-likeness (QED) is 0.707. The summed E-state index contributed by atoms with van der Waals surface area (Å²) in [7, 11) is 0. The Kier molecular flexibility index (Phi) is 1.67. The monoisotopic (exact) mass is 183 g/mol. The van der Waals surface area contributed by atoms with Crippen molar-refractivity contribution in [3.8, 4) is 0 Å². The van der Waals surface area contributed by atoms with Gasteiger partial charge >= 0.3 is 0 Å². The molecule has 2 atom stereocenters. The molecule has 2 unspecified atom stereocenters. The van der Waals surface area contributed by atoms with Crippen LogP contribution in [0.3, 0.4) is 0 Å². The van der Waals surface area contributed by atoms with Crippen LogP contribution in [0.1, 0.15) is 18.9 Å². The first-order valence-electron chi connectivity index (χ1n) is 4.25. The van der Waals surface area contributed by atoms with Gasteiger partial charge in [0, 0.05) is 11.5 Å². The second-order valence-corrected chi connectivity index (χ2v) is 3.86. The molecule has 70 valence electrons. The van der Waals surface area contributed by atoms with E-state index in [9.17, 15) is 8.78 Å². The van der Waals surface area contributed by atoms with E-state index in [1.165, 1.54) is 6.07 Å². The number of hydrogen-bond donors (Lipinski definition) is 1. The molecule has 0 spiro atoms. The summed E-state index contributed by atoms with van der Waals surface area (Å²) in [6.07, 6.45) is 0.845. The van der Waals surface area contributed by atoms with Gasteiger partial charge in [-0.1, -0.05) is 13.0 Å². The van der Waals surface area contributed by atoms with Gasteiger partial charge in [-0.25, -0.2) is 8.78 Å². The van der Waals surface area contributed by atoms with E-state index < -0.39 is 11.6 Å². The Labute approximate surface area is 75.6 Å². The molecule has 1 saturated carbocycles. The Morgan fingerprint density at radius 1 is 1.38 bits per heavy atom. The predicted molar refractivity (Wildman–Crippen MR) is 46.3 cm³/mol. The molecule has 0 radical (unpaired) electrons. The number of halogens is 2. The fraction of sp³-hybridized carbons (Fsp3) is 0.400. The van der Waals surface area contributed by atoms with E-state index >= 15 is 0 Å². The van der Waals surface area contributed by atoms with Crippen molar-refractivity contribution >= 4 is 0 Å². The summed E-state index contributed by atoms with van der Waals surface area (Å²) in [6.45, 7) is 1.96. The minimum atomic E-state index is -0.804. The van der Waals surface area contributed by atoms with Crippen LogP contribution in [0.15, 0.2) is 18.2 Å². The SMILES string of the molecule is CC1(c2ccc(F)c(F)c2)CC1N. The maximum Gasteiger partial charge on any atom is 0.159 e. The van der Waals surface area contributed by atoms with E-state index in [1.54, 1.807) is 6.07 Å². The predicted octanol–water partition coefficient (Wildman–Crippen LogP) is 1.95. The topological polar surface area (TPSA) is 26.0 Å². The minimum absolute atomic E-state index is 0.0809. The molecular weight excluding hydrogens is 172 g/mol. The van der Waals surface area contributed by atoms with Crippen LogP contribution in [-0.4, -0.2) is 6.04 Å². The van der Waals surface area contributed by atoms with Gasteiger partial charge in [-0.3, -0.25) is 0 Å². The highest BCUT2D eigenvalue weighted by Gasteiger charge is 2.48. The fourth-order valence-corrected chi connectivity index (χ4v) is 1.58. The lowest BCUT2D eigenvalue weighted by molar-refractivity contribution is 0.505. The molecule has 2 rings (SSSR count). The molecular formula is C10H11F2N. The summed E-state index contributed by atoms with van der Waals surface area (Å²) < 4.78 is 25.4. The highest BCUT2D eigenvalue weighted by atomic mass is 19.2. The zero-order chi connectivity index (χ0) is 9.64. The second kappa shape index (κ2) is 2.51. The summed E-state index contributed by atoms with van der Waals surface area (Å²) in [5.74, 6) is -1.60. The highest BCUT2D eigenvalue weighted by molar-refractivity contribution is 5.35. The molecule has 1 aliphatic rings. The lowest BCUT2D eigenvalue weighted by atomic mass is 9.97. The first-order valence-corrected chi connectivity index (χ1v) is 4.25. The molecule has 1 aromatic rings. The van der Waals surface area contributed by atoms with Gasteiger partial charge in [0.15, 0.2) is 11.6 Å². The van der Waals surface area contributed by atoms with Crippen molar-refractivity contribution in [2.75, 3.05) is 0 Å². The van der Waals surface area contributed by atoms with Gasteiger partial charge in [0.2, 0.25) is 0 Å². The molecule has 0 aliphatic heterocycles. The minimum Gasteiger partial charge on any atom is -0.327 e. The van der Waals surface area contributed by atoms with Gasteiger partial charge in [-0.05, 0) is 24.1 Å². The van der Waals surface area contributed by atoms with Crippen LogP contribution >= 0.6 is 0 Å². The molecule has 1 aliphatic carbocycles. The molecule has 0 bridgehead atoms. The Bertz CT molecular complexity index is 351. The molecule has 0 aromatic heterocycles. The standard InChI is InChI=1S/C10H11F2N/c1-10(5-9(10)13)6-2-3-7(11)8(12)4-6/h2-4,9H,5,13H2,1H3. The maximum atomic E-state index is 12.8. The largest absolute Gasteiger partial charge is 0.327 e. The Hall–Kier alpha value is -0.960. The molecule has 13 heavy (non-hydrogen) atoms. The van der Waals surface area contributed by atoms with Crippen LogP contribution in [0, 0.1) is 11.6 Å². The highest BCUT2D eigenvalue weighted by Crippen LogP contribution is 2.46. The number of benzene rings is 1. The average Bonchev–Trinajstić information content (AvgIpc) is 2.67. The van der Waals surface area contributed by atoms with Crippen molar-refractivity contribution < 1.29 is 8.78 Å². The molecule has 0 heterocycles. The van der Waals surface area contributed by atoms with Gasteiger partial charge in [0.1, 0.15) is 0 Å². The van der Waals surface area contributed by atoms with Crippen molar-refractivity contribution in [2.45, 2.75) is 24.8 Å². The van der Waals surface area contributed by atoms with Gasteiger partial charge < -0.3 is 5.73 Å². The fourth-order valence-electron chi connectivity index (χ4n) is 1.58. The van der Waals surface area contributed by atoms with Crippen LogP contribution in [0.2, 0.25) is 0 Å². The van der Waals surface area contributed by atoms with E-state index in [0.717, 1.165) is 18.1 Å². The van der Waals surface area contributed by atoms with E-state index in [4.69, 9.17) is 5.73 Å². The third-order valence-corrected chi connectivity index (χ3v) is 2.88. The zero-order valence-electron chi connectivity index (χ0n) is 7.35. The summed E-state index contributed by atoms with van der Waals surface area (Å²) in [6, 6.07) is 4.08. The third-order valence-electron chi connectivity index (χ3n) is 2.88. The molecule has 3 heteroatoms. The molecule has 1 nitrogen and oxygen atoms in total. The van der Waals surface area contributed by atoms with Gasteiger partial charge in [0.05, 0.1) is 0 Å². The van der Waals surface area contributed by atoms with Crippen molar-refractivity contribution in [1.29, 1.82) is 0 Å². The number of hydrogen-bond acceptors (Lipinski definition) is 1. The van der Waals surface area contributed by atoms with Gasteiger partial charge in [-0.2, -0.15) is 0 Å². The van der Waals surface area contributed by atoms with Crippen LogP contribution in [0.4, 0.5) is 8.78 Å². The van der Waals surface area contributed by atoms with Crippen LogP contribution in [0.25, 0.3) is 0 Å². The molecule has 0 amide bonds. The van der Waals surface area contributed by atoms with Crippen molar-refractivity contribution in [3.63, 3.8) is 0 Å². The smallest absolute Gasteiger partial charge is 0.159 e. The van der Waals surface area contributed by atoms with Crippen molar-refractivity contribution in [1.82, 2.24) is 0 Å². The average molecular weight is 183 g/mol. The van der Waals surface area contributed by atoms with E-state index in [-0.39, 0.29) is 11.5 Å². The van der Waals surface area contributed by atoms with Gasteiger partial charge in [-0.15, -0.1) is 0 Å². The second-order valence-electron chi connectivity index (χ2n) is 3.86. The van der Waals surface area contributed by atoms with E-state index in [1.807, 2.05) is 6.92 Å². The summed E-state index contributed by atoms with van der Waals surface area (Å²) in [5, 5.41) is 0. The zero-order valence-corrected chi connectivity index (χ0v) is 7.35. The molecule has 1 fully saturated rings. The molecule has 2 N–H and O–H groups in total. The van der Waals surface area contributed by atoms with Crippen LogP contribution < -0.4 is 5.73 Å². The van der Waals surface area contributed by atoms with Crippen molar-refractivity contribution in [3.05, 3.63) is 35.4 Å². The number of nitrogens with two attached hydrogens (primary N) is 1. The van der Waals surface area contributed by atoms with E-state index in [0.29, 0.717) is 0 Å². The summed E-state index contributed by atoms with van der Waals surface area (Å²) in [4.78, 5) is 0. The summed E-state index contributed by atoms with van der Waals surface area (Å²) in [5.41, 5.74) is 6.35. The first-order chi connectivity index (χ1) is 6.04. The van der Waals surface area contributed by atoms with Crippen LogP contribution in [0.5, 0.6) is 0 Å². The Balaban J connectivity index is 2.38. The molecule has 0 saturated heterocycles. The van der Waals surface area contributed by atoms with Gasteiger partial charge in [0.25, 0.3) is 0 Å². The number of rotatable bonds is 1. The first kappa shape index (κ1) is 8.63. The maximum absolute atomic E-state index is 12.8. The van der Waals surface area contributed by atoms with E-state index in [2.05, 4.69) is 0 Å². The Morgan fingerprint density at radius 2 is 2.00 bits per heavy atom. The normalized spacial score (nSPS) is 31.8.